The molecule has 0 heterocycles. The second kappa shape index (κ2) is 5.76. The zero-order valence-electron chi connectivity index (χ0n) is 9.63. The molecule has 1 aromatic rings. The van der Waals surface area contributed by atoms with Crippen molar-refractivity contribution in [2.45, 2.75) is 26.4 Å². The van der Waals surface area contributed by atoms with Gasteiger partial charge in [-0.1, -0.05) is 37.0 Å². The molecular formula is C12H16Cl2O2. The van der Waals surface area contributed by atoms with Crippen LogP contribution in [0.4, 0.5) is 0 Å². The van der Waals surface area contributed by atoms with E-state index < -0.39 is 6.10 Å². The van der Waals surface area contributed by atoms with Crippen molar-refractivity contribution in [1.82, 2.24) is 0 Å². The second-order valence-electron chi connectivity index (χ2n) is 4.15. The number of halogens is 2. The minimum Gasteiger partial charge on any atom is -0.495 e. The van der Waals surface area contributed by atoms with Gasteiger partial charge in [-0.05, 0) is 24.5 Å². The largest absolute Gasteiger partial charge is 0.495 e. The molecule has 1 rings (SSSR count). The SMILES string of the molecule is COc1cc(C(O)CC(C)C)c(Cl)cc1Cl. The predicted molar refractivity (Wildman–Crippen MR) is 67.4 cm³/mol. The molecular weight excluding hydrogens is 247 g/mol. The summed E-state index contributed by atoms with van der Waals surface area (Å²) in [4.78, 5) is 0. The monoisotopic (exact) mass is 262 g/mol. The number of methoxy groups -OCH3 is 1. The van der Waals surface area contributed by atoms with Crippen molar-refractivity contribution < 1.29 is 9.84 Å². The molecule has 0 radical (unpaired) electrons. The first-order valence-corrected chi connectivity index (χ1v) is 5.92. The van der Waals surface area contributed by atoms with E-state index in [1.807, 2.05) is 13.8 Å². The highest BCUT2D eigenvalue weighted by Gasteiger charge is 2.16. The van der Waals surface area contributed by atoms with Crippen molar-refractivity contribution in [1.29, 1.82) is 0 Å². The highest BCUT2D eigenvalue weighted by molar-refractivity contribution is 6.36. The van der Waals surface area contributed by atoms with Crippen LogP contribution in [0.2, 0.25) is 10.0 Å². The summed E-state index contributed by atoms with van der Waals surface area (Å²) >= 11 is 12.0. The van der Waals surface area contributed by atoms with Gasteiger partial charge in [-0.2, -0.15) is 0 Å². The molecule has 0 aromatic heterocycles. The van der Waals surface area contributed by atoms with Gasteiger partial charge in [0.15, 0.2) is 0 Å². The second-order valence-corrected chi connectivity index (χ2v) is 4.97. The Morgan fingerprint density at radius 3 is 2.38 bits per heavy atom. The molecule has 90 valence electrons. The number of aliphatic hydroxyl groups is 1. The summed E-state index contributed by atoms with van der Waals surface area (Å²) in [7, 11) is 1.54. The van der Waals surface area contributed by atoms with Crippen LogP contribution in [0, 0.1) is 5.92 Å². The Hall–Kier alpha value is -0.440. The maximum absolute atomic E-state index is 10.00. The van der Waals surface area contributed by atoms with E-state index in [0.717, 1.165) is 0 Å². The van der Waals surface area contributed by atoms with Crippen molar-refractivity contribution in [3.05, 3.63) is 27.7 Å². The van der Waals surface area contributed by atoms with E-state index in [4.69, 9.17) is 27.9 Å². The van der Waals surface area contributed by atoms with Gasteiger partial charge in [0.2, 0.25) is 0 Å². The van der Waals surface area contributed by atoms with E-state index in [1.165, 1.54) is 7.11 Å². The molecule has 0 amide bonds. The topological polar surface area (TPSA) is 29.5 Å². The van der Waals surface area contributed by atoms with Crippen molar-refractivity contribution in [3.63, 3.8) is 0 Å². The number of aliphatic hydroxyl groups excluding tert-OH is 1. The number of hydrogen-bond acceptors (Lipinski definition) is 2. The zero-order chi connectivity index (χ0) is 12.3. The normalized spacial score (nSPS) is 12.9. The Balaban J connectivity index is 3.03. The number of rotatable bonds is 4. The molecule has 0 aliphatic heterocycles. The molecule has 0 spiro atoms. The fourth-order valence-electron chi connectivity index (χ4n) is 1.53. The van der Waals surface area contributed by atoms with Crippen LogP contribution in [0.5, 0.6) is 5.75 Å². The summed E-state index contributed by atoms with van der Waals surface area (Å²) in [6, 6.07) is 3.29. The van der Waals surface area contributed by atoms with Gasteiger partial charge in [0.1, 0.15) is 5.75 Å². The summed E-state index contributed by atoms with van der Waals surface area (Å²) < 4.78 is 5.09. The first-order chi connectivity index (χ1) is 7.45. The van der Waals surface area contributed by atoms with Gasteiger partial charge in [0.25, 0.3) is 0 Å². The third kappa shape index (κ3) is 3.27. The summed E-state index contributed by atoms with van der Waals surface area (Å²) in [6.45, 7) is 4.09. The van der Waals surface area contributed by atoms with Crippen LogP contribution in [0.3, 0.4) is 0 Å². The van der Waals surface area contributed by atoms with Crippen molar-refractivity contribution >= 4 is 23.2 Å². The van der Waals surface area contributed by atoms with Gasteiger partial charge in [0, 0.05) is 10.6 Å². The Kier molecular flexibility index (Phi) is 4.90. The van der Waals surface area contributed by atoms with Crippen molar-refractivity contribution in [3.8, 4) is 5.75 Å². The van der Waals surface area contributed by atoms with Gasteiger partial charge in [-0.25, -0.2) is 0 Å². The van der Waals surface area contributed by atoms with Crippen LogP contribution in [0.15, 0.2) is 12.1 Å². The van der Waals surface area contributed by atoms with Crippen LogP contribution in [-0.2, 0) is 0 Å². The van der Waals surface area contributed by atoms with E-state index >= 15 is 0 Å². The van der Waals surface area contributed by atoms with Gasteiger partial charge in [-0.3, -0.25) is 0 Å². The number of benzene rings is 1. The third-order valence-corrected chi connectivity index (χ3v) is 2.95. The van der Waals surface area contributed by atoms with E-state index in [9.17, 15) is 5.11 Å². The van der Waals surface area contributed by atoms with Crippen LogP contribution in [0.1, 0.15) is 31.9 Å². The molecule has 16 heavy (non-hydrogen) atoms. The molecule has 0 bridgehead atoms. The zero-order valence-corrected chi connectivity index (χ0v) is 11.1. The molecule has 0 saturated heterocycles. The maximum atomic E-state index is 10.00. The fraction of sp³-hybridized carbons (Fsp3) is 0.500. The number of ether oxygens (including phenoxy) is 1. The molecule has 4 heteroatoms. The van der Waals surface area contributed by atoms with Gasteiger partial charge in [-0.15, -0.1) is 0 Å². The lowest BCUT2D eigenvalue weighted by molar-refractivity contribution is 0.151. The van der Waals surface area contributed by atoms with E-state index in [1.54, 1.807) is 12.1 Å². The minimum atomic E-state index is -0.585. The Morgan fingerprint density at radius 1 is 1.25 bits per heavy atom. The molecule has 1 N–H and O–H groups in total. The molecule has 1 atom stereocenters. The van der Waals surface area contributed by atoms with Crippen LogP contribution < -0.4 is 4.74 Å². The van der Waals surface area contributed by atoms with Crippen molar-refractivity contribution in [2.24, 2.45) is 5.92 Å². The lowest BCUT2D eigenvalue weighted by Crippen LogP contribution is -2.03. The lowest BCUT2D eigenvalue weighted by Gasteiger charge is -2.16. The summed E-state index contributed by atoms with van der Waals surface area (Å²) in [6.07, 6.45) is 0.0727. The predicted octanol–water partition coefficient (Wildman–Crippen LogP) is 4.08. The maximum Gasteiger partial charge on any atom is 0.137 e. The lowest BCUT2D eigenvalue weighted by atomic mass is 9.99. The Bertz CT molecular complexity index is 364. The molecule has 2 nitrogen and oxygen atoms in total. The molecule has 0 aliphatic rings. The molecule has 0 fully saturated rings. The van der Waals surface area contributed by atoms with Gasteiger partial charge < -0.3 is 9.84 Å². The standard InChI is InChI=1S/C12H16Cl2O2/c1-7(2)4-11(15)8-5-12(16-3)10(14)6-9(8)13/h5-7,11,15H,4H2,1-3H3. The van der Waals surface area contributed by atoms with E-state index in [-0.39, 0.29) is 0 Å². The quantitative estimate of drug-likeness (QED) is 0.886. The van der Waals surface area contributed by atoms with Crippen molar-refractivity contribution in [2.75, 3.05) is 7.11 Å². The van der Waals surface area contributed by atoms with E-state index in [2.05, 4.69) is 0 Å². The number of hydrogen-bond donors (Lipinski definition) is 1. The van der Waals surface area contributed by atoms with E-state index in [0.29, 0.717) is 33.7 Å². The highest BCUT2D eigenvalue weighted by Crippen LogP contribution is 2.35. The summed E-state index contributed by atoms with van der Waals surface area (Å²) in [5, 5.41) is 10.9. The fourth-order valence-corrected chi connectivity index (χ4v) is 2.12. The Labute approximate surface area is 106 Å². The molecule has 0 saturated carbocycles. The minimum absolute atomic E-state index is 0.396. The third-order valence-electron chi connectivity index (χ3n) is 2.32. The molecule has 0 aliphatic carbocycles. The van der Waals surface area contributed by atoms with Gasteiger partial charge in [0.05, 0.1) is 18.2 Å². The smallest absolute Gasteiger partial charge is 0.137 e. The van der Waals surface area contributed by atoms with Crippen LogP contribution >= 0.6 is 23.2 Å². The van der Waals surface area contributed by atoms with Gasteiger partial charge >= 0.3 is 0 Å². The van der Waals surface area contributed by atoms with Crippen LogP contribution in [-0.4, -0.2) is 12.2 Å². The average molecular weight is 263 g/mol. The summed E-state index contributed by atoms with van der Waals surface area (Å²) in [5.74, 6) is 0.927. The highest BCUT2D eigenvalue weighted by atomic mass is 35.5. The molecule has 1 unspecified atom stereocenters. The summed E-state index contributed by atoms with van der Waals surface area (Å²) in [5.41, 5.74) is 0.664. The first-order valence-electron chi connectivity index (χ1n) is 5.16. The molecule has 1 aromatic carbocycles. The first kappa shape index (κ1) is 13.6. The average Bonchev–Trinajstić information content (AvgIpc) is 2.16. The Morgan fingerprint density at radius 2 is 1.88 bits per heavy atom. The van der Waals surface area contributed by atoms with Crippen LogP contribution in [0.25, 0.3) is 0 Å².